The van der Waals surface area contributed by atoms with Crippen molar-refractivity contribution in [3.05, 3.63) is 17.3 Å². The Hall–Kier alpha value is -0.850. The molecule has 2 heterocycles. The number of nitrogen functional groups attached to an aromatic ring is 1. The molecule has 0 radical (unpaired) electrons. The SMILES string of the molecule is CCC1CCCN(S(=O)(=O)c2cnc(N)c(Cl)c2)CC1. The minimum Gasteiger partial charge on any atom is -0.382 e. The predicted molar refractivity (Wildman–Crippen MR) is 80.1 cm³/mol. The van der Waals surface area contributed by atoms with E-state index < -0.39 is 10.0 Å². The molecule has 0 aromatic carbocycles. The van der Waals surface area contributed by atoms with Gasteiger partial charge in [0.15, 0.2) is 0 Å². The van der Waals surface area contributed by atoms with Gasteiger partial charge in [-0.2, -0.15) is 4.31 Å². The van der Waals surface area contributed by atoms with Gasteiger partial charge in [0, 0.05) is 19.3 Å². The highest BCUT2D eigenvalue weighted by Crippen LogP contribution is 2.26. The van der Waals surface area contributed by atoms with Crippen molar-refractivity contribution in [2.24, 2.45) is 5.92 Å². The van der Waals surface area contributed by atoms with Gasteiger partial charge in [-0.05, 0) is 31.2 Å². The van der Waals surface area contributed by atoms with Crippen molar-refractivity contribution in [3.63, 3.8) is 0 Å². The largest absolute Gasteiger partial charge is 0.382 e. The van der Waals surface area contributed by atoms with E-state index >= 15 is 0 Å². The van der Waals surface area contributed by atoms with Crippen molar-refractivity contribution in [1.29, 1.82) is 0 Å². The summed E-state index contributed by atoms with van der Waals surface area (Å²) >= 11 is 5.87. The van der Waals surface area contributed by atoms with Gasteiger partial charge in [0.05, 0.1) is 5.02 Å². The minimum atomic E-state index is -3.53. The number of sulfonamides is 1. The number of nitrogens with two attached hydrogens (primary N) is 1. The Kier molecular flexibility index (Phi) is 4.88. The van der Waals surface area contributed by atoms with E-state index in [1.807, 2.05) is 0 Å². The fourth-order valence-corrected chi connectivity index (χ4v) is 4.21. The number of rotatable bonds is 3. The molecule has 20 heavy (non-hydrogen) atoms. The lowest BCUT2D eigenvalue weighted by Gasteiger charge is -2.20. The van der Waals surface area contributed by atoms with Crippen molar-refractivity contribution in [2.75, 3.05) is 18.8 Å². The highest BCUT2D eigenvalue weighted by atomic mass is 35.5. The summed E-state index contributed by atoms with van der Waals surface area (Å²) in [5, 5.41) is 0.173. The Morgan fingerprint density at radius 1 is 1.45 bits per heavy atom. The van der Waals surface area contributed by atoms with Gasteiger partial charge in [0.2, 0.25) is 10.0 Å². The van der Waals surface area contributed by atoms with E-state index in [0.717, 1.165) is 25.7 Å². The second kappa shape index (κ2) is 6.28. The molecular formula is C13H20ClN3O2S. The van der Waals surface area contributed by atoms with Crippen LogP contribution in [-0.2, 0) is 10.0 Å². The number of hydrogen-bond donors (Lipinski definition) is 1. The first-order chi connectivity index (χ1) is 9.45. The summed E-state index contributed by atoms with van der Waals surface area (Å²) < 4.78 is 26.7. The van der Waals surface area contributed by atoms with Crippen LogP contribution in [0.3, 0.4) is 0 Å². The van der Waals surface area contributed by atoms with E-state index in [-0.39, 0.29) is 15.7 Å². The molecule has 0 aliphatic carbocycles. The lowest BCUT2D eigenvalue weighted by molar-refractivity contribution is 0.407. The van der Waals surface area contributed by atoms with Gasteiger partial charge in [-0.3, -0.25) is 0 Å². The molecule has 1 aromatic heterocycles. The molecule has 1 aliphatic rings. The summed E-state index contributed by atoms with van der Waals surface area (Å²) in [5.74, 6) is 0.760. The molecule has 112 valence electrons. The molecule has 1 aliphatic heterocycles. The second-order valence-electron chi connectivity index (χ2n) is 5.15. The molecule has 0 amide bonds. The summed E-state index contributed by atoms with van der Waals surface area (Å²) in [4.78, 5) is 3.95. The third-order valence-corrected chi connectivity index (χ3v) is 6.03. The Morgan fingerprint density at radius 3 is 2.85 bits per heavy atom. The summed E-state index contributed by atoms with van der Waals surface area (Å²) in [6.07, 6.45) is 5.27. The quantitative estimate of drug-likeness (QED) is 0.929. The van der Waals surface area contributed by atoms with Gasteiger partial charge in [-0.25, -0.2) is 13.4 Å². The number of anilines is 1. The second-order valence-corrected chi connectivity index (χ2v) is 7.49. The first kappa shape index (κ1) is 15.5. The molecular weight excluding hydrogens is 298 g/mol. The van der Waals surface area contributed by atoms with Crippen molar-refractivity contribution < 1.29 is 8.42 Å². The van der Waals surface area contributed by atoms with Crippen LogP contribution in [0.4, 0.5) is 5.82 Å². The number of nitrogens with zero attached hydrogens (tertiary/aromatic N) is 2. The monoisotopic (exact) mass is 317 g/mol. The maximum Gasteiger partial charge on any atom is 0.244 e. The molecule has 5 nitrogen and oxygen atoms in total. The topological polar surface area (TPSA) is 76.3 Å². The van der Waals surface area contributed by atoms with Crippen LogP contribution in [0, 0.1) is 5.92 Å². The number of hydrogen-bond acceptors (Lipinski definition) is 4. The van der Waals surface area contributed by atoms with Crippen LogP contribution in [0.5, 0.6) is 0 Å². The highest BCUT2D eigenvalue weighted by molar-refractivity contribution is 7.89. The van der Waals surface area contributed by atoms with E-state index in [9.17, 15) is 8.42 Å². The van der Waals surface area contributed by atoms with Gasteiger partial charge in [0.1, 0.15) is 10.7 Å². The summed E-state index contributed by atoms with van der Waals surface area (Å²) in [6.45, 7) is 3.27. The van der Waals surface area contributed by atoms with E-state index in [1.165, 1.54) is 16.6 Å². The van der Waals surface area contributed by atoms with Crippen molar-refractivity contribution in [2.45, 2.75) is 37.5 Å². The van der Waals surface area contributed by atoms with Crippen molar-refractivity contribution >= 4 is 27.4 Å². The standard InChI is InChI=1S/C13H20ClN3O2S/c1-2-10-4-3-6-17(7-5-10)20(18,19)11-8-12(14)13(15)16-9-11/h8-10H,2-7H2,1H3,(H2,15,16). The van der Waals surface area contributed by atoms with E-state index in [2.05, 4.69) is 11.9 Å². The molecule has 0 spiro atoms. The summed E-state index contributed by atoms with van der Waals surface area (Å²) in [5.41, 5.74) is 5.52. The lowest BCUT2D eigenvalue weighted by atomic mass is 9.98. The highest BCUT2D eigenvalue weighted by Gasteiger charge is 2.27. The fourth-order valence-electron chi connectivity index (χ4n) is 2.51. The third kappa shape index (κ3) is 3.24. The number of pyridine rings is 1. The van der Waals surface area contributed by atoms with Crippen LogP contribution in [0.2, 0.25) is 5.02 Å². The Balaban J connectivity index is 2.23. The Bertz CT molecular complexity index is 577. The third-order valence-electron chi connectivity index (χ3n) is 3.87. The zero-order valence-corrected chi connectivity index (χ0v) is 13.1. The van der Waals surface area contributed by atoms with Gasteiger partial charge in [0.25, 0.3) is 0 Å². The van der Waals surface area contributed by atoms with Crippen LogP contribution < -0.4 is 5.73 Å². The number of halogens is 1. The zero-order chi connectivity index (χ0) is 14.8. The van der Waals surface area contributed by atoms with Gasteiger partial charge in [-0.15, -0.1) is 0 Å². The fraction of sp³-hybridized carbons (Fsp3) is 0.615. The van der Waals surface area contributed by atoms with Gasteiger partial charge in [-0.1, -0.05) is 24.9 Å². The normalized spacial score (nSPS) is 21.6. The molecule has 2 N–H and O–H groups in total. The molecule has 1 atom stereocenters. The van der Waals surface area contributed by atoms with E-state index in [0.29, 0.717) is 19.0 Å². The summed E-state index contributed by atoms with van der Waals surface area (Å²) in [6, 6.07) is 1.38. The molecule has 2 rings (SSSR count). The van der Waals surface area contributed by atoms with E-state index in [1.54, 1.807) is 0 Å². The maximum absolute atomic E-state index is 12.6. The zero-order valence-electron chi connectivity index (χ0n) is 11.5. The Labute approximate surface area is 125 Å². The summed E-state index contributed by atoms with van der Waals surface area (Å²) in [7, 11) is -3.53. The van der Waals surface area contributed by atoms with Crippen molar-refractivity contribution in [3.8, 4) is 0 Å². The molecule has 1 fully saturated rings. The van der Waals surface area contributed by atoms with Crippen LogP contribution in [-0.4, -0.2) is 30.8 Å². The maximum atomic E-state index is 12.6. The number of aromatic nitrogens is 1. The Morgan fingerprint density at radius 2 is 2.20 bits per heavy atom. The molecule has 1 saturated heterocycles. The van der Waals surface area contributed by atoms with Crippen LogP contribution in [0.15, 0.2) is 17.2 Å². The lowest BCUT2D eigenvalue weighted by Crippen LogP contribution is -2.32. The predicted octanol–water partition coefficient (Wildman–Crippen LogP) is 2.52. The van der Waals surface area contributed by atoms with Gasteiger partial charge >= 0.3 is 0 Å². The molecule has 1 unspecified atom stereocenters. The first-order valence-electron chi connectivity index (χ1n) is 6.86. The van der Waals surface area contributed by atoms with Gasteiger partial charge < -0.3 is 5.73 Å². The molecule has 0 bridgehead atoms. The minimum absolute atomic E-state index is 0.117. The van der Waals surface area contributed by atoms with Crippen LogP contribution in [0.1, 0.15) is 32.6 Å². The molecule has 0 saturated carbocycles. The smallest absolute Gasteiger partial charge is 0.244 e. The molecule has 1 aromatic rings. The average molecular weight is 318 g/mol. The van der Waals surface area contributed by atoms with E-state index in [4.69, 9.17) is 17.3 Å². The average Bonchev–Trinajstić information content (AvgIpc) is 2.67. The van der Waals surface area contributed by atoms with Crippen LogP contribution >= 0.6 is 11.6 Å². The van der Waals surface area contributed by atoms with Crippen LogP contribution in [0.25, 0.3) is 0 Å². The first-order valence-corrected chi connectivity index (χ1v) is 8.68. The van der Waals surface area contributed by atoms with Crippen molar-refractivity contribution in [1.82, 2.24) is 9.29 Å². The molecule has 7 heteroatoms.